The van der Waals surface area contributed by atoms with Gasteiger partial charge >= 0.3 is 0 Å². The van der Waals surface area contributed by atoms with Crippen molar-refractivity contribution in [2.24, 2.45) is 0 Å². The van der Waals surface area contributed by atoms with Crippen LogP contribution >= 0.6 is 23.5 Å². The SMILES string of the molecule is CC.CC.CC.CC.CC.CC.CC.CC.CC.CC.CC.CC.CC.CC.CC.CC.c1cc2c(cn1)CCCC2.c1ccc2c(c1)CCOC2.c1ccc2c(c1)CCOC2.c1ccc2c(c1)CCSC2.c1ccc2c(c1)CCSC2.c1ccc2c(c1)COCO2.c1ccc2c(c1)OCCO2.c1cnc2c(c1)CCCC2. The van der Waals surface area contributed by atoms with Crippen LogP contribution in [0.3, 0.4) is 0 Å². The fourth-order valence-corrected chi connectivity index (χ4v) is 12.3. The van der Waals surface area contributed by atoms with E-state index in [1.807, 2.05) is 318 Å². The molecule has 0 saturated heterocycles. The number of aryl methyl sites for hydroxylation is 6. The molecule has 0 fully saturated rings. The second-order valence-corrected chi connectivity index (χ2v) is 22.5. The second-order valence-electron chi connectivity index (χ2n) is 20.3. The summed E-state index contributed by atoms with van der Waals surface area (Å²) >= 11 is 4.08. The Hall–Kier alpha value is -6.40. The standard InChI is InChI=1S/2C9H11N.2C9H10O.2C9H10S.2C8H8O2.16C2H6/c1-2-6-9-8(4-1)5-3-7-10-9;5*1-2-4-9-7-10-6-5-8(9)3-1;1-2-4-8-7(3-1)5-9-6-10-8;1-2-4-8-7(3-1)9-5-6-10-8;16*1-2/h3,5,7H,1-2,4,6H2;5-7H,1-4H2;4*1-4H,5-7H2;2*1-4H,5-6H2;16*1-2H3. The molecule has 640 valence electrons. The maximum absolute atomic E-state index is 5.30. The number of rotatable bonds is 0. The number of aromatic nitrogens is 2. The fraction of sp³-hybridized carbons (Fsp3) is 0.549. The minimum atomic E-state index is 0.386. The van der Waals surface area contributed by atoms with Gasteiger partial charge in [-0.2, -0.15) is 23.5 Å². The Balaban J connectivity index is -0.000000175. The number of pyridine rings is 2. The van der Waals surface area contributed by atoms with Crippen LogP contribution in [-0.4, -0.2) is 54.7 Å². The zero-order chi connectivity index (χ0) is 86.5. The fourth-order valence-electron chi connectivity index (χ4n) is 10.3. The average Bonchev–Trinajstić information content (AvgIpc) is 0.951. The lowest BCUT2D eigenvalue weighted by Gasteiger charge is -2.17. The van der Waals surface area contributed by atoms with Crippen molar-refractivity contribution < 1.29 is 28.4 Å². The quantitative estimate of drug-likeness (QED) is 0.146. The zero-order valence-electron chi connectivity index (χ0n) is 78.5. The predicted octanol–water partition coefficient (Wildman–Crippen LogP) is 31.8. The van der Waals surface area contributed by atoms with Crippen LogP contribution in [0.5, 0.6) is 17.2 Å². The van der Waals surface area contributed by atoms with Crippen molar-refractivity contribution in [1.82, 2.24) is 9.97 Å². The average molecular weight is 1590 g/mol. The van der Waals surface area contributed by atoms with Gasteiger partial charge in [0.25, 0.3) is 0 Å². The molecule has 112 heavy (non-hydrogen) atoms. The van der Waals surface area contributed by atoms with E-state index in [2.05, 4.69) is 119 Å². The maximum atomic E-state index is 5.30. The summed E-state index contributed by atoms with van der Waals surface area (Å²) in [5.41, 5.74) is 18.7. The molecule has 0 spiro atoms. The molecule has 0 N–H and O–H groups in total. The van der Waals surface area contributed by atoms with Crippen LogP contribution < -0.4 is 14.2 Å². The van der Waals surface area contributed by atoms with Crippen molar-refractivity contribution in [1.29, 1.82) is 0 Å². The Bertz CT molecular complexity index is 2280. The van der Waals surface area contributed by atoms with Gasteiger partial charge in [-0.25, -0.2) is 0 Å². The molecule has 0 radical (unpaired) electrons. The molecular weight excluding hydrogens is 1410 g/mol. The smallest absolute Gasteiger partial charge is 0.189 e. The van der Waals surface area contributed by atoms with Crippen LogP contribution in [0.1, 0.15) is 320 Å². The van der Waals surface area contributed by atoms with E-state index in [1.54, 1.807) is 22.3 Å². The summed E-state index contributed by atoms with van der Waals surface area (Å²) in [5, 5.41) is 0. The van der Waals surface area contributed by atoms with Crippen LogP contribution in [-0.2, 0) is 96.9 Å². The molecule has 6 aromatic carbocycles. The van der Waals surface area contributed by atoms with E-state index >= 15 is 0 Å². The molecule has 2 aromatic heterocycles. The number of ether oxygens (including phenoxy) is 6. The van der Waals surface area contributed by atoms with Gasteiger partial charge in [-0.15, -0.1) is 0 Å². The third kappa shape index (κ3) is 57.6. The molecule has 16 rings (SSSR count). The highest BCUT2D eigenvalue weighted by molar-refractivity contribution is 7.98. The molecule has 8 nitrogen and oxygen atoms in total. The number of thioether (sulfide) groups is 2. The Kier molecular flexibility index (Phi) is 109. The van der Waals surface area contributed by atoms with Gasteiger partial charge in [0.05, 0.1) is 33.0 Å². The van der Waals surface area contributed by atoms with Gasteiger partial charge in [0.1, 0.15) is 19.0 Å². The van der Waals surface area contributed by atoms with Gasteiger partial charge in [0, 0.05) is 41.4 Å². The molecule has 8 aromatic rings. The van der Waals surface area contributed by atoms with Crippen molar-refractivity contribution in [2.75, 3.05) is 44.7 Å². The van der Waals surface area contributed by atoms with Crippen LogP contribution in [0.15, 0.2) is 182 Å². The van der Waals surface area contributed by atoms with Crippen LogP contribution in [0.4, 0.5) is 0 Å². The lowest BCUT2D eigenvalue weighted by atomic mass is 9.94. The molecular formula is C102H174N2O6S2. The number of fused-ring (bicyclic) bond motifs is 8. The highest BCUT2D eigenvalue weighted by Gasteiger charge is 2.13. The summed E-state index contributed by atoms with van der Waals surface area (Å²) in [7, 11) is 0. The van der Waals surface area contributed by atoms with Crippen molar-refractivity contribution in [3.8, 4) is 17.2 Å². The lowest BCUT2D eigenvalue weighted by molar-refractivity contribution is -0.0163. The molecule has 10 heteroatoms. The first-order valence-corrected chi connectivity index (χ1v) is 47.1. The molecule has 0 atom stereocenters. The van der Waals surface area contributed by atoms with Crippen molar-refractivity contribution in [3.05, 3.63) is 255 Å². The molecule has 0 amide bonds. The molecule has 0 unspecified atom stereocenters. The third-order valence-electron chi connectivity index (χ3n) is 14.8. The van der Waals surface area contributed by atoms with Crippen LogP contribution in [0.2, 0.25) is 0 Å². The monoisotopic (exact) mass is 1590 g/mol. The summed E-state index contributed by atoms with van der Waals surface area (Å²) < 4.78 is 31.5. The number of nitrogens with zero attached hydrogens (tertiary/aromatic N) is 2. The van der Waals surface area contributed by atoms with E-state index in [0.717, 1.165) is 62.1 Å². The Morgan fingerprint density at radius 3 is 0.929 bits per heavy atom. The van der Waals surface area contributed by atoms with Gasteiger partial charge in [-0.05, 0) is 180 Å². The molecule has 0 bridgehead atoms. The van der Waals surface area contributed by atoms with Gasteiger partial charge in [0.2, 0.25) is 0 Å². The Labute approximate surface area is 704 Å². The minimum Gasteiger partial charge on any atom is -0.486 e. The van der Waals surface area contributed by atoms with E-state index in [4.69, 9.17) is 28.4 Å². The minimum absolute atomic E-state index is 0.386. The summed E-state index contributed by atoms with van der Waals surface area (Å²) in [5.74, 6) is 7.71. The van der Waals surface area contributed by atoms with E-state index in [9.17, 15) is 0 Å². The summed E-state index contributed by atoms with van der Waals surface area (Å²) in [4.78, 5) is 8.42. The first-order chi connectivity index (χ1) is 55.7. The van der Waals surface area contributed by atoms with E-state index in [0.29, 0.717) is 26.6 Å². The summed E-state index contributed by atoms with van der Waals surface area (Å²) in [6.07, 6.45) is 20.8. The Morgan fingerprint density at radius 1 is 0.241 bits per heavy atom. The second kappa shape index (κ2) is 101. The van der Waals surface area contributed by atoms with Crippen molar-refractivity contribution in [2.45, 2.75) is 330 Å². The summed E-state index contributed by atoms with van der Waals surface area (Å²) in [6, 6.07) is 56.4. The van der Waals surface area contributed by atoms with Gasteiger partial charge in [0.15, 0.2) is 18.3 Å². The maximum Gasteiger partial charge on any atom is 0.189 e. The molecule has 0 saturated carbocycles. The number of hydrogen-bond acceptors (Lipinski definition) is 10. The first-order valence-electron chi connectivity index (χ1n) is 44.8. The van der Waals surface area contributed by atoms with Crippen molar-refractivity contribution in [3.63, 3.8) is 0 Å². The molecule has 8 heterocycles. The number of benzene rings is 6. The first kappa shape index (κ1) is 121. The van der Waals surface area contributed by atoms with Gasteiger partial charge < -0.3 is 28.4 Å². The molecule has 6 aliphatic heterocycles. The van der Waals surface area contributed by atoms with E-state index in [1.165, 1.54) is 132 Å². The van der Waals surface area contributed by atoms with Crippen LogP contribution in [0.25, 0.3) is 0 Å². The van der Waals surface area contributed by atoms with Crippen LogP contribution in [0, 0.1) is 0 Å². The van der Waals surface area contributed by atoms with Crippen molar-refractivity contribution >= 4 is 23.5 Å². The van der Waals surface area contributed by atoms with Gasteiger partial charge in [-0.3, -0.25) is 9.97 Å². The topological polar surface area (TPSA) is 81.2 Å². The highest BCUT2D eigenvalue weighted by atomic mass is 32.2. The van der Waals surface area contributed by atoms with E-state index < -0.39 is 0 Å². The largest absolute Gasteiger partial charge is 0.486 e. The Morgan fingerprint density at radius 2 is 0.554 bits per heavy atom. The van der Waals surface area contributed by atoms with Gasteiger partial charge in [-0.1, -0.05) is 355 Å². The number of hydrogen-bond donors (Lipinski definition) is 0. The summed E-state index contributed by atoms with van der Waals surface area (Å²) in [6.45, 7) is 69.8. The normalized spacial score (nSPS) is 12.4. The predicted molar refractivity (Wildman–Crippen MR) is 510 cm³/mol. The highest BCUT2D eigenvalue weighted by Crippen LogP contribution is 2.29. The molecule has 2 aliphatic carbocycles. The lowest BCUT2D eigenvalue weighted by Crippen LogP contribution is -2.14. The molecule has 8 aliphatic rings. The third-order valence-corrected chi connectivity index (χ3v) is 16.8. The van der Waals surface area contributed by atoms with E-state index in [-0.39, 0.29) is 0 Å². The number of para-hydroxylation sites is 3. The zero-order valence-corrected chi connectivity index (χ0v) is 80.1.